The van der Waals surface area contributed by atoms with Gasteiger partial charge in [-0.1, -0.05) is 56.3 Å². The van der Waals surface area contributed by atoms with Crippen molar-refractivity contribution in [3.05, 3.63) is 83.7 Å². The number of benzene rings is 2. The van der Waals surface area contributed by atoms with Crippen LogP contribution in [0.5, 0.6) is 0 Å². The maximum atomic E-state index is 12.9. The smallest absolute Gasteiger partial charge is 0.419 e. The summed E-state index contributed by atoms with van der Waals surface area (Å²) in [6.07, 6.45) is 5.44. The van der Waals surface area contributed by atoms with Gasteiger partial charge in [-0.2, -0.15) is 0 Å². The first-order valence-electron chi connectivity index (χ1n) is 13.3. The molecule has 0 N–H and O–H groups in total. The van der Waals surface area contributed by atoms with Crippen LogP contribution in [0, 0.1) is 0 Å². The van der Waals surface area contributed by atoms with E-state index in [0.29, 0.717) is 25.4 Å². The highest BCUT2D eigenvalue weighted by atomic mass is 16.6. The van der Waals surface area contributed by atoms with E-state index < -0.39 is 17.3 Å². The predicted molar refractivity (Wildman–Crippen MR) is 153 cm³/mol. The molecular weight excluding hydrogens is 476 g/mol. The molecule has 0 aliphatic rings. The van der Waals surface area contributed by atoms with Crippen LogP contribution in [0.15, 0.2) is 67.0 Å². The zero-order chi connectivity index (χ0) is 28.1. The van der Waals surface area contributed by atoms with Crippen LogP contribution < -0.4 is 0 Å². The van der Waals surface area contributed by atoms with Gasteiger partial charge in [-0.3, -0.25) is 4.57 Å². The number of esters is 1. The fourth-order valence-electron chi connectivity index (χ4n) is 4.13. The summed E-state index contributed by atoms with van der Waals surface area (Å²) in [4.78, 5) is 27.4. The Balaban J connectivity index is 1.84. The van der Waals surface area contributed by atoms with Gasteiger partial charge in [0.1, 0.15) is 11.2 Å². The summed E-state index contributed by atoms with van der Waals surface area (Å²) in [5.74, 6) is 0.0914. The number of carbonyl (C=O) groups is 2. The molecule has 1 aromatic heterocycles. The van der Waals surface area contributed by atoms with E-state index in [1.165, 1.54) is 11.6 Å². The molecule has 0 unspecified atom stereocenters. The molecule has 0 fully saturated rings. The van der Waals surface area contributed by atoms with Gasteiger partial charge >= 0.3 is 12.1 Å². The summed E-state index contributed by atoms with van der Waals surface area (Å²) in [5, 5.41) is 1.01. The standard InChI is InChI=1S/C32H42N2O4/c1-23(2)25-15-13-24(14-16-25)21-33(20-18-29(35)37-31(3,4)5)19-17-26-22-34(30(36)38-32(6,7)8)28-12-10-9-11-27(26)28/h9-16,18,20,22-23H,17,19,21H2,1-8H3/b20-18+. The van der Waals surface area contributed by atoms with Gasteiger partial charge in [0.2, 0.25) is 0 Å². The molecule has 0 amide bonds. The molecule has 0 saturated heterocycles. The Morgan fingerprint density at radius 1 is 0.921 bits per heavy atom. The van der Waals surface area contributed by atoms with Crippen LogP contribution in [0.4, 0.5) is 4.79 Å². The molecule has 3 aromatic rings. The Kier molecular flexibility index (Phi) is 9.08. The van der Waals surface area contributed by atoms with Crippen molar-refractivity contribution >= 4 is 23.0 Å². The SMILES string of the molecule is CC(C)c1ccc(CN(/C=C/C(=O)OC(C)(C)C)CCc2cn(C(=O)OC(C)(C)C)c3ccccc23)cc1. The third kappa shape index (κ3) is 8.51. The molecule has 2 aromatic carbocycles. The van der Waals surface area contributed by atoms with Gasteiger partial charge in [-0.15, -0.1) is 0 Å². The maximum Gasteiger partial charge on any atom is 0.419 e. The summed E-state index contributed by atoms with van der Waals surface area (Å²) in [5.41, 5.74) is 3.16. The molecule has 1 heterocycles. The number of carbonyl (C=O) groups excluding carboxylic acids is 2. The quantitative estimate of drug-likeness (QED) is 0.229. The largest absolute Gasteiger partial charge is 0.457 e. The predicted octanol–water partition coefficient (Wildman–Crippen LogP) is 7.45. The number of hydrogen-bond acceptors (Lipinski definition) is 5. The highest BCUT2D eigenvalue weighted by Crippen LogP contribution is 2.24. The van der Waals surface area contributed by atoms with Crippen molar-refractivity contribution in [2.24, 2.45) is 0 Å². The summed E-state index contributed by atoms with van der Waals surface area (Å²) < 4.78 is 12.7. The number of nitrogens with zero attached hydrogens (tertiary/aromatic N) is 2. The minimum absolute atomic E-state index is 0.376. The normalized spacial score (nSPS) is 12.3. The van der Waals surface area contributed by atoms with Crippen LogP contribution >= 0.6 is 0 Å². The average Bonchev–Trinajstić information content (AvgIpc) is 3.18. The van der Waals surface area contributed by atoms with Crippen LogP contribution in [-0.2, 0) is 27.2 Å². The second kappa shape index (κ2) is 11.9. The summed E-state index contributed by atoms with van der Waals surface area (Å²) in [6.45, 7) is 16.8. The molecule has 0 spiro atoms. The Morgan fingerprint density at radius 3 is 2.16 bits per heavy atom. The van der Waals surface area contributed by atoms with Crippen molar-refractivity contribution in [1.82, 2.24) is 9.47 Å². The zero-order valence-corrected chi connectivity index (χ0v) is 24.1. The molecule has 0 radical (unpaired) electrons. The van der Waals surface area contributed by atoms with Crippen LogP contribution in [0.2, 0.25) is 0 Å². The van der Waals surface area contributed by atoms with E-state index >= 15 is 0 Å². The van der Waals surface area contributed by atoms with E-state index in [2.05, 4.69) is 43.0 Å². The number of fused-ring (bicyclic) bond motifs is 1. The van der Waals surface area contributed by atoms with Gasteiger partial charge in [0, 0.05) is 36.9 Å². The molecule has 0 bridgehead atoms. The highest BCUT2D eigenvalue weighted by Gasteiger charge is 2.21. The van der Waals surface area contributed by atoms with E-state index in [9.17, 15) is 9.59 Å². The van der Waals surface area contributed by atoms with Gasteiger partial charge in [-0.05, 0) is 76.6 Å². The van der Waals surface area contributed by atoms with E-state index in [1.807, 2.05) is 72.0 Å². The van der Waals surface area contributed by atoms with Gasteiger partial charge in [0.15, 0.2) is 0 Å². The van der Waals surface area contributed by atoms with Gasteiger partial charge < -0.3 is 14.4 Å². The van der Waals surface area contributed by atoms with Crippen molar-refractivity contribution in [3.8, 4) is 0 Å². The molecular formula is C32H42N2O4. The van der Waals surface area contributed by atoms with Crippen molar-refractivity contribution in [2.75, 3.05) is 6.54 Å². The molecule has 3 rings (SSSR count). The summed E-state index contributed by atoms with van der Waals surface area (Å²) >= 11 is 0. The average molecular weight is 519 g/mol. The van der Waals surface area contributed by atoms with E-state index in [-0.39, 0.29) is 5.97 Å². The number of rotatable bonds is 8. The molecule has 38 heavy (non-hydrogen) atoms. The monoisotopic (exact) mass is 518 g/mol. The minimum Gasteiger partial charge on any atom is -0.457 e. The Bertz CT molecular complexity index is 1270. The van der Waals surface area contributed by atoms with Crippen molar-refractivity contribution in [1.29, 1.82) is 0 Å². The molecule has 0 aliphatic carbocycles. The van der Waals surface area contributed by atoms with Crippen LogP contribution in [0.3, 0.4) is 0 Å². The van der Waals surface area contributed by atoms with Crippen LogP contribution in [-0.4, -0.2) is 39.3 Å². The Hall–Kier alpha value is -3.54. The Labute approximate surface area is 227 Å². The number of ether oxygens (including phenoxy) is 2. The number of hydrogen-bond donors (Lipinski definition) is 0. The lowest BCUT2D eigenvalue weighted by Gasteiger charge is -2.22. The lowest BCUT2D eigenvalue weighted by atomic mass is 10.0. The second-order valence-corrected chi connectivity index (χ2v) is 12.0. The molecule has 6 heteroatoms. The van der Waals surface area contributed by atoms with Gasteiger partial charge in [0.05, 0.1) is 5.52 Å². The van der Waals surface area contributed by atoms with E-state index in [4.69, 9.17) is 9.47 Å². The van der Waals surface area contributed by atoms with E-state index in [0.717, 1.165) is 22.0 Å². The first kappa shape index (κ1) is 29.0. The second-order valence-electron chi connectivity index (χ2n) is 12.0. The van der Waals surface area contributed by atoms with Crippen LogP contribution in [0.1, 0.15) is 78.0 Å². The fraction of sp³-hybridized carbons (Fsp3) is 0.438. The van der Waals surface area contributed by atoms with Crippen molar-refractivity contribution < 1.29 is 19.1 Å². The molecule has 6 nitrogen and oxygen atoms in total. The third-order valence-electron chi connectivity index (χ3n) is 5.91. The lowest BCUT2D eigenvalue weighted by Crippen LogP contribution is -2.26. The first-order valence-corrected chi connectivity index (χ1v) is 13.3. The van der Waals surface area contributed by atoms with Gasteiger partial charge in [-0.25, -0.2) is 9.59 Å². The minimum atomic E-state index is -0.586. The lowest BCUT2D eigenvalue weighted by molar-refractivity contribution is -0.148. The molecule has 0 saturated carbocycles. The zero-order valence-electron chi connectivity index (χ0n) is 24.1. The first-order chi connectivity index (χ1) is 17.7. The topological polar surface area (TPSA) is 60.8 Å². The van der Waals surface area contributed by atoms with Gasteiger partial charge in [0.25, 0.3) is 0 Å². The fourth-order valence-corrected chi connectivity index (χ4v) is 4.13. The maximum absolute atomic E-state index is 12.9. The molecule has 0 atom stereocenters. The highest BCUT2D eigenvalue weighted by molar-refractivity contribution is 5.92. The van der Waals surface area contributed by atoms with E-state index in [1.54, 1.807) is 10.8 Å². The summed E-state index contributed by atoms with van der Waals surface area (Å²) in [6, 6.07) is 16.4. The van der Waals surface area contributed by atoms with Crippen LogP contribution in [0.25, 0.3) is 10.9 Å². The number of aromatic nitrogens is 1. The Morgan fingerprint density at radius 2 is 1.55 bits per heavy atom. The molecule has 0 aliphatic heterocycles. The van der Waals surface area contributed by atoms with Crippen molar-refractivity contribution in [3.63, 3.8) is 0 Å². The molecule has 204 valence electrons. The summed E-state index contributed by atoms with van der Waals surface area (Å²) in [7, 11) is 0. The number of para-hydroxylation sites is 1. The van der Waals surface area contributed by atoms with Crippen molar-refractivity contribution in [2.45, 2.75) is 85.5 Å². The third-order valence-corrected chi connectivity index (χ3v) is 5.91.